The van der Waals surface area contributed by atoms with Gasteiger partial charge >= 0.3 is 11.9 Å². The maximum absolute atomic E-state index is 12.6. The van der Waals surface area contributed by atoms with E-state index in [4.69, 9.17) is 15.9 Å². The second-order valence-electron chi connectivity index (χ2n) is 6.19. The molecule has 0 radical (unpaired) electrons. The average molecular weight is 453 g/mol. The van der Waals surface area contributed by atoms with Crippen LogP contribution in [0.1, 0.15) is 26.2 Å². The number of thioether (sulfide) groups is 1. The average Bonchev–Trinajstić information content (AvgIpc) is 2.66. The van der Waals surface area contributed by atoms with Gasteiger partial charge in [0.15, 0.2) is 0 Å². The van der Waals surface area contributed by atoms with Crippen LogP contribution in [0, 0.1) is 0 Å². The standard InChI is InChI=1S/C16H28N4O7S2/c1-8(16(26)27)18-15(25)11(7-28)20-14(24)10(5-6-29-2)19-13(23)9(17)3-4-12(21)22/h8-11,28H,3-7,17H2,1-2H3,(H,18,25)(H,19,23)(H,20,24)(H,21,22)(H,26,27). The molecular weight excluding hydrogens is 424 g/mol. The Hall–Kier alpha value is -1.99. The number of aliphatic carboxylic acids is 2. The minimum Gasteiger partial charge on any atom is -0.481 e. The second-order valence-corrected chi connectivity index (χ2v) is 7.54. The molecule has 4 unspecified atom stereocenters. The highest BCUT2D eigenvalue weighted by molar-refractivity contribution is 7.98. The molecule has 0 aromatic rings. The molecule has 29 heavy (non-hydrogen) atoms. The Morgan fingerprint density at radius 3 is 2.00 bits per heavy atom. The van der Waals surface area contributed by atoms with Crippen molar-refractivity contribution in [2.45, 2.75) is 50.4 Å². The molecule has 0 saturated carbocycles. The van der Waals surface area contributed by atoms with Crippen LogP contribution in [0.5, 0.6) is 0 Å². The van der Waals surface area contributed by atoms with Crippen LogP contribution in [0.2, 0.25) is 0 Å². The van der Waals surface area contributed by atoms with Gasteiger partial charge in [-0.1, -0.05) is 0 Å². The van der Waals surface area contributed by atoms with Crippen LogP contribution >= 0.6 is 24.4 Å². The van der Waals surface area contributed by atoms with Gasteiger partial charge in [-0.15, -0.1) is 0 Å². The summed E-state index contributed by atoms with van der Waals surface area (Å²) in [5.41, 5.74) is 5.66. The van der Waals surface area contributed by atoms with Gasteiger partial charge in [0, 0.05) is 12.2 Å². The summed E-state index contributed by atoms with van der Waals surface area (Å²) < 4.78 is 0. The predicted molar refractivity (Wildman–Crippen MR) is 111 cm³/mol. The predicted octanol–water partition coefficient (Wildman–Crippen LogP) is -1.58. The Kier molecular flexibility index (Phi) is 13.1. The van der Waals surface area contributed by atoms with E-state index >= 15 is 0 Å². The van der Waals surface area contributed by atoms with Crippen molar-refractivity contribution in [2.75, 3.05) is 17.8 Å². The Morgan fingerprint density at radius 1 is 0.966 bits per heavy atom. The number of carbonyl (C=O) groups is 5. The minimum atomic E-state index is -1.23. The molecule has 0 aliphatic heterocycles. The number of hydrogen-bond acceptors (Lipinski definition) is 8. The third-order valence-electron chi connectivity index (χ3n) is 3.79. The lowest BCUT2D eigenvalue weighted by molar-refractivity contribution is -0.141. The highest BCUT2D eigenvalue weighted by Crippen LogP contribution is 2.04. The zero-order valence-corrected chi connectivity index (χ0v) is 17.9. The van der Waals surface area contributed by atoms with Gasteiger partial charge in [-0.05, 0) is 31.8 Å². The first-order valence-corrected chi connectivity index (χ1v) is 10.8. The van der Waals surface area contributed by atoms with Gasteiger partial charge in [0.2, 0.25) is 17.7 Å². The quantitative estimate of drug-likeness (QED) is 0.153. The number of carboxylic acid groups (broad SMARTS) is 2. The lowest BCUT2D eigenvalue weighted by Crippen LogP contribution is -2.57. The van der Waals surface area contributed by atoms with Gasteiger partial charge in [0.05, 0.1) is 6.04 Å². The molecule has 0 saturated heterocycles. The first-order valence-electron chi connectivity index (χ1n) is 8.74. The lowest BCUT2D eigenvalue weighted by Gasteiger charge is -2.23. The number of hydrogen-bond donors (Lipinski definition) is 7. The molecule has 0 aliphatic rings. The summed E-state index contributed by atoms with van der Waals surface area (Å²) >= 11 is 5.44. The fraction of sp³-hybridized carbons (Fsp3) is 0.688. The topological polar surface area (TPSA) is 188 Å². The summed E-state index contributed by atoms with van der Waals surface area (Å²) in [6, 6.07) is -4.36. The number of carboxylic acids is 2. The summed E-state index contributed by atoms with van der Waals surface area (Å²) in [6.45, 7) is 1.28. The van der Waals surface area contributed by atoms with Gasteiger partial charge < -0.3 is 31.9 Å². The van der Waals surface area contributed by atoms with E-state index in [-0.39, 0.29) is 25.0 Å². The van der Waals surface area contributed by atoms with Gasteiger partial charge in [0.1, 0.15) is 18.1 Å². The van der Waals surface area contributed by atoms with Gasteiger partial charge in [-0.3, -0.25) is 24.0 Å². The van der Waals surface area contributed by atoms with Crippen molar-refractivity contribution in [3.63, 3.8) is 0 Å². The molecule has 0 rings (SSSR count). The zero-order valence-electron chi connectivity index (χ0n) is 16.2. The molecule has 0 aromatic carbocycles. The summed E-state index contributed by atoms with van der Waals surface area (Å²) in [5.74, 6) is -3.96. The molecule has 13 heteroatoms. The van der Waals surface area contributed by atoms with E-state index in [1.807, 2.05) is 6.26 Å². The molecule has 0 spiro atoms. The normalized spacial score (nSPS) is 14.8. The molecule has 4 atom stereocenters. The van der Waals surface area contributed by atoms with Gasteiger partial charge in [-0.25, -0.2) is 0 Å². The van der Waals surface area contributed by atoms with E-state index < -0.39 is 53.8 Å². The molecule has 0 heterocycles. The molecule has 11 nitrogen and oxygen atoms in total. The monoisotopic (exact) mass is 452 g/mol. The summed E-state index contributed by atoms with van der Waals surface area (Å²) in [5, 5.41) is 24.7. The lowest BCUT2D eigenvalue weighted by atomic mass is 10.1. The van der Waals surface area contributed by atoms with Crippen molar-refractivity contribution >= 4 is 54.1 Å². The minimum absolute atomic E-state index is 0.0905. The Labute approximate surface area is 178 Å². The SMILES string of the molecule is CSCCC(NC(=O)C(N)CCC(=O)O)C(=O)NC(CS)C(=O)NC(C)C(=O)O. The second kappa shape index (κ2) is 14.1. The van der Waals surface area contributed by atoms with Crippen LogP contribution in [0.4, 0.5) is 0 Å². The van der Waals surface area contributed by atoms with Crippen molar-refractivity contribution in [1.29, 1.82) is 0 Å². The smallest absolute Gasteiger partial charge is 0.325 e. The largest absolute Gasteiger partial charge is 0.481 e. The van der Waals surface area contributed by atoms with Crippen LogP contribution in [-0.2, 0) is 24.0 Å². The number of nitrogens with two attached hydrogens (primary N) is 1. The number of nitrogens with one attached hydrogen (secondary N) is 3. The summed E-state index contributed by atoms with van der Waals surface area (Å²) in [4.78, 5) is 58.3. The maximum atomic E-state index is 12.6. The Morgan fingerprint density at radius 2 is 1.52 bits per heavy atom. The molecule has 3 amide bonds. The highest BCUT2D eigenvalue weighted by Gasteiger charge is 2.28. The Balaban J connectivity index is 5.03. The fourth-order valence-corrected chi connectivity index (χ4v) is 2.76. The molecule has 0 aliphatic carbocycles. The molecule has 0 fully saturated rings. The van der Waals surface area contributed by atoms with Crippen molar-refractivity contribution in [3.8, 4) is 0 Å². The molecule has 166 valence electrons. The van der Waals surface area contributed by atoms with Crippen molar-refractivity contribution in [3.05, 3.63) is 0 Å². The Bertz CT molecular complexity index is 606. The van der Waals surface area contributed by atoms with Crippen LogP contribution in [0.15, 0.2) is 0 Å². The third kappa shape index (κ3) is 10.9. The van der Waals surface area contributed by atoms with E-state index in [0.717, 1.165) is 0 Å². The molecule has 0 aromatic heterocycles. The maximum Gasteiger partial charge on any atom is 0.325 e. The first kappa shape index (κ1) is 27.0. The number of amides is 3. The van der Waals surface area contributed by atoms with E-state index in [1.165, 1.54) is 18.7 Å². The van der Waals surface area contributed by atoms with Gasteiger partial charge in [-0.2, -0.15) is 24.4 Å². The fourth-order valence-electron chi connectivity index (χ4n) is 2.04. The van der Waals surface area contributed by atoms with Crippen molar-refractivity contribution in [1.82, 2.24) is 16.0 Å². The molecule has 7 N–H and O–H groups in total. The first-order chi connectivity index (χ1) is 13.5. The van der Waals surface area contributed by atoms with Crippen molar-refractivity contribution in [2.24, 2.45) is 5.73 Å². The van der Waals surface area contributed by atoms with Crippen LogP contribution < -0.4 is 21.7 Å². The van der Waals surface area contributed by atoms with E-state index in [1.54, 1.807) is 0 Å². The van der Waals surface area contributed by atoms with Crippen LogP contribution in [-0.4, -0.2) is 81.8 Å². The van der Waals surface area contributed by atoms with E-state index in [0.29, 0.717) is 5.75 Å². The summed E-state index contributed by atoms with van der Waals surface area (Å²) in [7, 11) is 0. The number of thiol groups is 1. The van der Waals surface area contributed by atoms with Crippen LogP contribution in [0.25, 0.3) is 0 Å². The third-order valence-corrected chi connectivity index (χ3v) is 4.80. The molecule has 0 bridgehead atoms. The van der Waals surface area contributed by atoms with Gasteiger partial charge in [0.25, 0.3) is 0 Å². The van der Waals surface area contributed by atoms with E-state index in [2.05, 4.69) is 28.6 Å². The zero-order chi connectivity index (χ0) is 22.6. The molecular formula is C16H28N4O7S2. The van der Waals surface area contributed by atoms with Crippen LogP contribution in [0.3, 0.4) is 0 Å². The highest BCUT2D eigenvalue weighted by atomic mass is 32.2. The number of rotatable bonds is 14. The van der Waals surface area contributed by atoms with Crippen molar-refractivity contribution < 1.29 is 34.2 Å². The summed E-state index contributed by atoms with van der Waals surface area (Å²) in [6.07, 6.45) is 1.68. The van der Waals surface area contributed by atoms with E-state index in [9.17, 15) is 24.0 Å². The number of carbonyl (C=O) groups excluding carboxylic acids is 3.